The summed E-state index contributed by atoms with van der Waals surface area (Å²) in [6.07, 6.45) is 0. The van der Waals surface area contributed by atoms with Crippen molar-refractivity contribution in [2.24, 2.45) is 0 Å². The number of halogens is 3. The molecule has 0 bridgehead atoms. The molecule has 0 radical (unpaired) electrons. The first-order valence-corrected chi connectivity index (χ1v) is 7.66. The number of hydrogen-bond donors (Lipinski definition) is 1. The minimum Gasteiger partial charge on any atom is -0.496 e. The van der Waals surface area contributed by atoms with Gasteiger partial charge in [-0.15, -0.1) is 0 Å². The van der Waals surface area contributed by atoms with Crippen LogP contribution in [0.1, 0.15) is 24.1 Å². The fourth-order valence-corrected chi connectivity index (χ4v) is 2.60. The molecule has 0 fully saturated rings. The molecule has 2 aromatic carbocycles. The van der Waals surface area contributed by atoms with E-state index in [1.165, 1.54) is 0 Å². The van der Waals surface area contributed by atoms with Crippen LogP contribution in [0.15, 0.2) is 36.4 Å². The number of hydrogen-bond acceptors (Lipinski definition) is 2. The molecule has 21 heavy (non-hydrogen) atoms. The molecular formula is C16H16Cl3NO. The summed E-state index contributed by atoms with van der Waals surface area (Å²) in [5.74, 6) is 0.774. The summed E-state index contributed by atoms with van der Waals surface area (Å²) in [4.78, 5) is 0. The van der Waals surface area contributed by atoms with Crippen molar-refractivity contribution >= 4 is 34.8 Å². The Hall–Kier alpha value is -0.930. The highest BCUT2D eigenvalue weighted by atomic mass is 35.5. The predicted octanol–water partition coefficient (Wildman–Crippen LogP) is 5.51. The van der Waals surface area contributed by atoms with Crippen LogP contribution >= 0.6 is 34.8 Å². The molecule has 0 heterocycles. The normalized spacial score (nSPS) is 12.2. The molecule has 0 saturated carbocycles. The van der Waals surface area contributed by atoms with Gasteiger partial charge in [0.25, 0.3) is 0 Å². The summed E-state index contributed by atoms with van der Waals surface area (Å²) < 4.78 is 5.34. The third-order valence-corrected chi connectivity index (χ3v) is 4.42. The van der Waals surface area contributed by atoms with E-state index in [1.54, 1.807) is 13.2 Å². The molecule has 2 rings (SSSR count). The van der Waals surface area contributed by atoms with Crippen LogP contribution in [0.5, 0.6) is 5.75 Å². The molecule has 2 aromatic rings. The molecule has 0 saturated heterocycles. The fraction of sp³-hybridized carbons (Fsp3) is 0.250. The second-order valence-corrected chi connectivity index (χ2v) is 5.92. The average molecular weight is 345 g/mol. The third-order valence-electron chi connectivity index (χ3n) is 3.32. The van der Waals surface area contributed by atoms with E-state index in [4.69, 9.17) is 39.5 Å². The zero-order valence-corrected chi connectivity index (χ0v) is 14.1. The molecule has 0 aliphatic carbocycles. The van der Waals surface area contributed by atoms with Crippen molar-refractivity contribution in [3.63, 3.8) is 0 Å². The highest BCUT2D eigenvalue weighted by Crippen LogP contribution is 2.28. The van der Waals surface area contributed by atoms with Gasteiger partial charge < -0.3 is 10.1 Å². The van der Waals surface area contributed by atoms with E-state index in [0.717, 1.165) is 16.9 Å². The van der Waals surface area contributed by atoms with Crippen LogP contribution in [0.4, 0.5) is 0 Å². The number of methoxy groups -OCH3 is 1. The first-order valence-electron chi connectivity index (χ1n) is 6.52. The molecule has 0 spiro atoms. The van der Waals surface area contributed by atoms with Gasteiger partial charge in [-0.3, -0.25) is 0 Å². The maximum atomic E-state index is 6.23. The zero-order valence-electron chi connectivity index (χ0n) is 11.8. The number of benzene rings is 2. The van der Waals surface area contributed by atoms with Gasteiger partial charge in [0, 0.05) is 23.2 Å². The molecule has 0 amide bonds. The Morgan fingerprint density at radius 1 is 1.05 bits per heavy atom. The molecular weight excluding hydrogens is 329 g/mol. The van der Waals surface area contributed by atoms with Crippen molar-refractivity contribution in [2.45, 2.75) is 19.5 Å². The topological polar surface area (TPSA) is 21.3 Å². The lowest BCUT2D eigenvalue weighted by molar-refractivity contribution is 0.406. The van der Waals surface area contributed by atoms with E-state index in [9.17, 15) is 0 Å². The lowest BCUT2D eigenvalue weighted by Gasteiger charge is -2.17. The Bertz CT molecular complexity index is 631. The SMILES string of the molecule is COc1cccc(Cl)c1CNC(C)c1ccc(Cl)c(Cl)c1. The summed E-state index contributed by atoms with van der Waals surface area (Å²) in [7, 11) is 1.64. The number of nitrogens with one attached hydrogen (secondary N) is 1. The number of rotatable bonds is 5. The van der Waals surface area contributed by atoms with Crippen LogP contribution in [0.2, 0.25) is 15.1 Å². The first-order chi connectivity index (χ1) is 10.0. The fourth-order valence-electron chi connectivity index (χ4n) is 2.06. The van der Waals surface area contributed by atoms with Crippen molar-refractivity contribution in [3.05, 3.63) is 62.6 Å². The lowest BCUT2D eigenvalue weighted by atomic mass is 10.1. The Morgan fingerprint density at radius 3 is 2.48 bits per heavy atom. The van der Waals surface area contributed by atoms with Gasteiger partial charge in [0.1, 0.15) is 5.75 Å². The predicted molar refractivity (Wildman–Crippen MR) is 89.7 cm³/mol. The van der Waals surface area contributed by atoms with Gasteiger partial charge in [-0.05, 0) is 36.8 Å². The Morgan fingerprint density at radius 2 is 1.81 bits per heavy atom. The maximum Gasteiger partial charge on any atom is 0.124 e. The second kappa shape index (κ2) is 7.37. The summed E-state index contributed by atoms with van der Waals surface area (Å²) in [6.45, 7) is 2.66. The third kappa shape index (κ3) is 4.04. The molecule has 0 aromatic heterocycles. The highest BCUT2D eigenvalue weighted by Gasteiger charge is 2.11. The van der Waals surface area contributed by atoms with E-state index in [-0.39, 0.29) is 6.04 Å². The largest absolute Gasteiger partial charge is 0.496 e. The highest BCUT2D eigenvalue weighted by molar-refractivity contribution is 6.42. The van der Waals surface area contributed by atoms with Gasteiger partial charge in [-0.2, -0.15) is 0 Å². The molecule has 2 nitrogen and oxygen atoms in total. The van der Waals surface area contributed by atoms with Gasteiger partial charge >= 0.3 is 0 Å². The molecule has 0 aliphatic heterocycles. The van der Waals surface area contributed by atoms with Crippen LogP contribution in [-0.2, 0) is 6.54 Å². The quantitative estimate of drug-likeness (QED) is 0.772. The minimum absolute atomic E-state index is 0.112. The molecule has 1 atom stereocenters. The van der Waals surface area contributed by atoms with Crippen LogP contribution in [-0.4, -0.2) is 7.11 Å². The van der Waals surface area contributed by atoms with Crippen LogP contribution in [0.3, 0.4) is 0 Å². The number of ether oxygens (including phenoxy) is 1. The van der Waals surface area contributed by atoms with Crippen molar-refractivity contribution in [1.29, 1.82) is 0 Å². The summed E-state index contributed by atoms with van der Waals surface area (Å²) in [5.41, 5.74) is 2.00. The maximum absolute atomic E-state index is 6.23. The minimum atomic E-state index is 0.112. The Labute approximate surface area is 140 Å². The Balaban J connectivity index is 2.10. The van der Waals surface area contributed by atoms with E-state index < -0.39 is 0 Å². The molecule has 1 unspecified atom stereocenters. The smallest absolute Gasteiger partial charge is 0.124 e. The van der Waals surface area contributed by atoms with Crippen LogP contribution in [0.25, 0.3) is 0 Å². The van der Waals surface area contributed by atoms with Crippen LogP contribution in [0, 0.1) is 0 Å². The summed E-state index contributed by atoms with van der Waals surface area (Å²) in [6, 6.07) is 11.3. The monoisotopic (exact) mass is 343 g/mol. The molecule has 112 valence electrons. The lowest BCUT2D eigenvalue weighted by Crippen LogP contribution is -2.18. The van der Waals surface area contributed by atoms with Crippen LogP contribution < -0.4 is 10.1 Å². The van der Waals surface area contributed by atoms with Crippen molar-refractivity contribution < 1.29 is 4.74 Å². The van der Waals surface area contributed by atoms with Gasteiger partial charge in [-0.1, -0.05) is 46.9 Å². The first kappa shape index (κ1) is 16.4. The summed E-state index contributed by atoms with van der Waals surface area (Å²) in [5, 5.41) is 5.20. The second-order valence-electron chi connectivity index (χ2n) is 4.70. The zero-order chi connectivity index (χ0) is 15.4. The molecule has 5 heteroatoms. The molecule has 0 aliphatic rings. The van der Waals surface area contributed by atoms with Crippen molar-refractivity contribution in [1.82, 2.24) is 5.32 Å². The van der Waals surface area contributed by atoms with Gasteiger partial charge in [0.05, 0.1) is 17.2 Å². The summed E-state index contributed by atoms with van der Waals surface area (Å²) >= 11 is 18.2. The molecule has 1 N–H and O–H groups in total. The van der Waals surface area contributed by atoms with Gasteiger partial charge in [0.15, 0.2) is 0 Å². The van der Waals surface area contributed by atoms with Gasteiger partial charge in [0.2, 0.25) is 0 Å². The average Bonchev–Trinajstić information content (AvgIpc) is 2.48. The standard InChI is InChI=1S/C16H16Cl3NO/c1-10(11-6-7-14(18)15(19)8-11)20-9-12-13(17)4-3-5-16(12)21-2/h3-8,10,20H,9H2,1-2H3. The van der Waals surface area contributed by atoms with Crippen molar-refractivity contribution in [2.75, 3.05) is 7.11 Å². The van der Waals surface area contributed by atoms with Gasteiger partial charge in [-0.25, -0.2) is 0 Å². The van der Waals surface area contributed by atoms with Crippen molar-refractivity contribution in [3.8, 4) is 5.75 Å². The van der Waals surface area contributed by atoms with E-state index in [2.05, 4.69) is 12.2 Å². The Kier molecular flexibility index (Phi) is 5.77. The van der Waals surface area contributed by atoms with E-state index >= 15 is 0 Å². The van der Waals surface area contributed by atoms with E-state index in [1.807, 2.05) is 30.3 Å². The van der Waals surface area contributed by atoms with E-state index in [0.29, 0.717) is 21.6 Å².